The number of nitrogens with zero attached hydrogens (tertiary/aromatic N) is 4. The first-order valence-electron chi connectivity index (χ1n) is 11.2. The van der Waals surface area contributed by atoms with Crippen LogP contribution >= 0.6 is 11.6 Å². The second-order valence-corrected chi connectivity index (χ2v) is 9.17. The number of fused-ring (bicyclic) bond motifs is 1. The van der Waals surface area contributed by atoms with Crippen molar-refractivity contribution in [3.63, 3.8) is 0 Å². The second-order valence-electron chi connectivity index (χ2n) is 8.78. The van der Waals surface area contributed by atoms with Gasteiger partial charge < -0.3 is 25.4 Å². The average molecular weight is 507 g/mol. The molecule has 14 heteroatoms. The maximum Gasteiger partial charge on any atom is 0.407 e. The number of imidazole rings is 1. The zero-order valence-electron chi connectivity index (χ0n) is 18.9. The second kappa shape index (κ2) is 9.30. The number of alkyl halides is 1. The summed E-state index contributed by atoms with van der Waals surface area (Å²) < 4.78 is 27.1. The summed E-state index contributed by atoms with van der Waals surface area (Å²) in [6, 6.07) is 3.15. The summed E-state index contributed by atoms with van der Waals surface area (Å²) in [7, 11) is 0. The molecule has 3 atom stereocenters. The van der Waals surface area contributed by atoms with E-state index in [1.54, 1.807) is 30.5 Å². The molecule has 12 nitrogen and oxygen atoms in total. The number of carbonyl (C=O) groups excluding carboxylic acids is 2. The molecule has 0 bridgehead atoms. The normalized spacial score (nSPS) is 21.9. The first kappa shape index (κ1) is 23.3. The smallest absolute Gasteiger partial charge is 0.407 e. The number of nitrogens with one attached hydrogen (secondary N) is 4. The number of ether oxygens (including phenoxy) is 2. The molecule has 0 spiro atoms. The largest absolute Gasteiger partial charge is 0.441 e. The number of rotatable bonds is 7. The van der Waals surface area contributed by atoms with Crippen LogP contribution in [0.1, 0.15) is 49.0 Å². The zero-order valence-corrected chi connectivity index (χ0v) is 19.7. The third-order valence-electron chi connectivity index (χ3n) is 5.46. The molecule has 2 fully saturated rings. The molecule has 0 radical (unpaired) electrons. The van der Waals surface area contributed by atoms with Gasteiger partial charge in [-0.25, -0.2) is 19.2 Å². The standard InChI is InChI=1S/C21H24ClFN8O4/c1-9(2)24-21(33)35-13-8-34-18(17(13)23)11-5-15(30-29-11)28-20-27-14(22)6-16-26-12(7-31(16)20)19(32)25-10-3-4-10/h5-7,9-10,13,17-18H,3-4,8H2,1-2H3,(H,24,33)(H,25,32)(H2,27,28,29,30)/t13-,17-,18-/m1/s1. The molecule has 4 heterocycles. The predicted molar refractivity (Wildman–Crippen MR) is 122 cm³/mol. The van der Waals surface area contributed by atoms with Gasteiger partial charge in [-0.1, -0.05) is 11.6 Å². The minimum Gasteiger partial charge on any atom is -0.441 e. The van der Waals surface area contributed by atoms with Crippen LogP contribution in [0.3, 0.4) is 0 Å². The van der Waals surface area contributed by atoms with Gasteiger partial charge in [-0.3, -0.25) is 14.3 Å². The maximum atomic E-state index is 14.9. The lowest BCUT2D eigenvalue weighted by Crippen LogP contribution is -2.36. The van der Waals surface area contributed by atoms with E-state index in [1.807, 2.05) is 0 Å². The maximum absolute atomic E-state index is 14.9. The monoisotopic (exact) mass is 506 g/mol. The van der Waals surface area contributed by atoms with Gasteiger partial charge in [0.2, 0.25) is 5.95 Å². The Morgan fingerprint density at radius 2 is 2.11 bits per heavy atom. The van der Waals surface area contributed by atoms with Crippen LogP contribution in [0.4, 0.5) is 21.0 Å². The van der Waals surface area contributed by atoms with Crippen molar-refractivity contribution >= 4 is 41.0 Å². The van der Waals surface area contributed by atoms with Gasteiger partial charge >= 0.3 is 6.09 Å². The molecule has 1 aliphatic heterocycles. The third kappa shape index (κ3) is 5.15. The summed E-state index contributed by atoms with van der Waals surface area (Å²) >= 11 is 6.14. The van der Waals surface area contributed by atoms with Gasteiger partial charge in [-0.2, -0.15) is 5.10 Å². The van der Waals surface area contributed by atoms with Crippen molar-refractivity contribution in [2.24, 2.45) is 0 Å². The van der Waals surface area contributed by atoms with Crippen LogP contribution in [-0.2, 0) is 9.47 Å². The fourth-order valence-corrected chi connectivity index (χ4v) is 3.83. The van der Waals surface area contributed by atoms with Crippen LogP contribution in [0.25, 0.3) is 5.65 Å². The SMILES string of the molecule is CC(C)NC(=O)O[C@@H]1CO[C@H](c2cc(Nc3nc(Cl)cc4nc(C(=O)NC5CC5)cn34)n[nH]2)[C@@H]1F. The topological polar surface area (TPSA) is 148 Å². The van der Waals surface area contributed by atoms with E-state index < -0.39 is 24.5 Å². The molecule has 35 heavy (non-hydrogen) atoms. The summed E-state index contributed by atoms with van der Waals surface area (Å²) in [6.45, 7) is 3.46. The van der Waals surface area contributed by atoms with E-state index in [2.05, 4.69) is 36.1 Å². The summed E-state index contributed by atoms with van der Waals surface area (Å²) in [5.41, 5.74) is 1.01. The molecule has 5 rings (SSSR count). The van der Waals surface area contributed by atoms with Crippen molar-refractivity contribution in [1.29, 1.82) is 0 Å². The first-order valence-corrected chi connectivity index (χ1v) is 11.6. The number of H-pyrrole nitrogens is 1. The van der Waals surface area contributed by atoms with Gasteiger partial charge in [-0.05, 0) is 26.7 Å². The van der Waals surface area contributed by atoms with Gasteiger partial charge in [0.1, 0.15) is 22.6 Å². The number of anilines is 2. The number of aromatic amines is 1. The lowest BCUT2D eigenvalue weighted by atomic mass is 10.1. The molecule has 0 aromatic carbocycles. The van der Waals surface area contributed by atoms with E-state index in [-0.39, 0.29) is 41.4 Å². The predicted octanol–water partition coefficient (Wildman–Crippen LogP) is 2.65. The Kier molecular flexibility index (Phi) is 6.19. The number of carbonyl (C=O) groups is 2. The van der Waals surface area contributed by atoms with E-state index in [4.69, 9.17) is 21.1 Å². The van der Waals surface area contributed by atoms with Crippen LogP contribution in [0, 0.1) is 0 Å². The Labute approximate surface area is 203 Å². The van der Waals surface area contributed by atoms with Crippen molar-refractivity contribution in [3.8, 4) is 0 Å². The summed E-state index contributed by atoms with van der Waals surface area (Å²) in [5.74, 6) is 0.303. The summed E-state index contributed by atoms with van der Waals surface area (Å²) in [5, 5.41) is 15.5. The number of aromatic nitrogens is 5. The van der Waals surface area contributed by atoms with Crippen LogP contribution in [-0.4, -0.2) is 67.5 Å². The molecule has 2 aliphatic rings. The minimum atomic E-state index is -1.58. The molecule has 0 unspecified atom stereocenters. The molecule has 3 aromatic heterocycles. The third-order valence-corrected chi connectivity index (χ3v) is 5.65. The molecule has 1 saturated carbocycles. The molecule has 1 saturated heterocycles. The van der Waals surface area contributed by atoms with Crippen LogP contribution in [0.15, 0.2) is 18.3 Å². The van der Waals surface area contributed by atoms with Crippen LogP contribution in [0.2, 0.25) is 5.15 Å². The molecule has 1 aliphatic carbocycles. The number of hydrogen-bond acceptors (Lipinski definition) is 8. The van der Waals surface area contributed by atoms with Crippen molar-refractivity contribution in [1.82, 2.24) is 35.2 Å². The number of hydrogen-bond donors (Lipinski definition) is 4. The molecular weight excluding hydrogens is 483 g/mol. The van der Waals surface area contributed by atoms with Gasteiger partial charge in [0.25, 0.3) is 5.91 Å². The first-order chi connectivity index (χ1) is 16.8. The minimum absolute atomic E-state index is 0.0870. The molecule has 4 N–H and O–H groups in total. The molecule has 3 aromatic rings. The Hall–Kier alpha value is -3.45. The van der Waals surface area contributed by atoms with Crippen molar-refractivity contribution in [2.45, 2.75) is 57.2 Å². The lowest BCUT2D eigenvalue weighted by Gasteiger charge is -2.16. The summed E-state index contributed by atoms with van der Waals surface area (Å²) in [6.07, 6.45) is -0.850. The average Bonchev–Trinajstić information content (AvgIpc) is 3.15. The van der Waals surface area contributed by atoms with Gasteiger partial charge in [-0.15, -0.1) is 0 Å². The lowest BCUT2D eigenvalue weighted by molar-refractivity contribution is 0.0615. The summed E-state index contributed by atoms with van der Waals surface area (Å²) in [4.78, 5) is 32.8. The zero-order chi connectivity index (χ0) is 24.7. The highest BCUT2D eigenvalue weighted by atomic mass is 35.5. The fraction of sp³-hybridized carbons (Fsp3) is 0.476. The van der Waals surface area contributed by atoms with Crippen LogP contribution in [0.5, 0.6) is 0 Å². The van der Waals surface area contributed by atoms with Gasteiger partial charge in [0.05, 0.1) is 12.3 Å². The quantitative estimate of drug-likeness (QED) is 0.357. The molecule has 186 valence electrons. The van der Waals surface area contributed by atoms with Crippen LogP contribution < -0.4 is 16.0 Å². The van der Waals surface area contributed by atoms with Crippen molar-refractivity contribution < 1.29 is 23.5 Å². The Morgan fingerprint density at radius 3 is 2.86 bits per heavy atom. The Morgan fingerprint density at radius 1 is 1.31 bits per heavy atom. The van der Waals surface area contributed by atoms with E-state index in [9.17, 15) is 14.0 Å². The van der Waals surface area contributed by atoms with Crippen molar-refractivity contribution in [2.75, 3.05) is 11.9 Å². The van der Waals surface area contributed by atoms with E-state index in [1.165, 1.54) is 6.07 Å². The number of alkyl carbamates (subject to hydrolysis) is 1. The number of halogens is 2. The van der Waals surface area contributed by atoms with Gasteiger partial charge in [0, 0.05) is 30.4 Å². The Balaban J connectivity index is 1.30. The van der Waals surface area contributed by atoms with E-state index in [0.29, 0.717) is 17.2 Å². The Bertz CT molecular complexity index is 1260. The van der Waals surface area contributed by atoms with E-state index in [0.717, 1.165) is 12.8 Å². The highest BCUT2D eigenvalue weighted by Gasteiger charge is 2.42. The number of amides is 2. The van der Waals surface area contributed by atoms with Crippen molar-refractivity contribution in [3.05, 3.63) is 34.9 Å². The molecular formula is C21H24ClFN8O4. The highest BCUT2D eigenvalue weighted by Crippen LogP contribution is 2.33. The fourth-order valence-electron chi connectivity index (χ4n) is 3.65. The highest BCUT2D eigenvalue weighted by molar-refractivity contribution is 6.29. The van der Waals surface area contributed by atoms with Gasteiger partial charge in [0.15, 0.2) is 18.1 Å². The molecule has 2 amide bonds. The van der Waals surface area contributed by atoms with E-state index >= 15 is 0 Å².